The van der Waals surface area contributed by atoms with Crippen molar-refractivity contribution in [2.45, 2.75) is 42.3 Å². The number of fused-ring (bicyclic) bond motifs is 2. The van der Waals surface area contributed by atoms with Crippen LogP contribution in [0.15, 0.2) is 66.7 Å². The Labute approximate surface area is 246 Å². The fraction of sp³-hybridized carbons (Fsp3) is 0.387. The molecule has 3 aromatic carbocycles. The predicted octanol–water partition coefficient (Wildman–Crippen LogP) is 3.95. The summed E-state index contributed by atoms with van der Waals surface area (Å²) in [6, 6.07) is 19.6. The predicted molar refractivity (Wildman–Crippen MR) is 158 cm³/mol. The number of amides is 3. The number of likely N-dealkylation sites (tertiary alicyclic amines) is 1. The fourth-order valence-electron chi connectivity index (χ4n) is 6.72. The van der Waals surface area contributed by atoms with Crippen LogP contribution < -0.4 is 15.4 Å². The van der Waals surface area contributed by atoms with Gasteiger partial charge >= 0.3 is 0 Å². The van der Waals surface area contributed by atoms with Gasteiger partial charge in [0.25, 0.3) is 0 Å². The zero-order valence-corrected chi connectivity index (χ0v) is 24.2. The topological polar surface area (TPSA) is 117 Å². The van der Waals surface area contributed by atoms with Crippen LogP contribution in [-0.2, 0) is 19.1 Å². The van der Waals surface area contributed by atoms with Gasteiger partial charge in [-0.25, -0.2) is 0 Å². The summed E-state index contributed by atoms with van der Waals surface area (Å²) in [4.78, 5) is 42.9. The molecule has 3 aliphatic rings. The van der Waals surface area contributed by atoms with Crippen LogP contribution in [0.4, 0.5) is 11.4 Å². The Morgan fingerprint density at radius 3 is 2.49 bits per heavy atom. The lowest BCUT2D eigenvalue weighted by Gasteiger charge is -2.34. The van der Waals surface area contributed by atoms with Crippen molar-refractivity contribution >= 4 is 55.8 Å². The van der Waals surface area contributed by atoms with Gasteiger partial charge in [-0.15, -0.1) is 0 Å². The maximum atomic E-state index is 14.0. The van der Waals surface area contributed by atoms with Gasteiger partial charge in [-0.05, 0) is 66.9 Å². The highest BCUT2D eigenvalue weighted by atomic mass is 79.9. The minimum atomic E-state index is -1.17. The van der Waals surface area contributed by atoms with E-state index in [9.17, 15) is 19.5 Å². The molecule has 9 nitrogen and oxygen atoms in total. The van der Waals surface area contributed by atoms with Crippen LogP contribution >= 0.6 is 15.9 Å². The van der Waals surface area contributed by atoms with Crippen LogP contribution in [-0.4, -0.2) is 70.1 Å². The molecule has 6 atom stereocenters. The third-order valence-electron chi connectivity index (χ3n) is 8.35. The van der Waals surface area contributed by atoms with Gasteiger partial charge in [-0.1, -0.05) is 46.3 Å². The van der Waals surface area contributed by atoms with Crippen LogP contribution in [0.5, 0.6) is 5.75 Å². The Hall–Kier alpha value is -3.47. The highest BCUT2D eigenvalue weighted by Gasteiger charge is 2.76. The molecule has 3 unspecified atom stereocenters. The zero-order valence-electron chi connectivity index (χ0n) is 22.6. The number of aliphatic hydroxyl groups excluding tert-OH is 1. The smallest absolute Gasteiger partial charge is 0.250 e. The van der Waals surface area contributed by atoms with Crippen LogP contribution in [0, 0.1) is 11.8 Å². The Kier molecular flexibility index (Phi) is 7.48. The first kappa shape index (κ1) is 27.7. The molecule has 6 rings (SSSR count). The minimum Gasteiger partial charge on any atom is -0.494 e. The first-order chi connectivity index (χ1) is 19.9. The second-order valence-corrected chi connectivity index (χ2v) is 11.9. The number of nitrogens with one attached hydrogen (secondary N) is 2. The number of nitrogens with zero attached hydrogens (tertiary/aromatic N) is 1. The molecule has 3 fully saturated rings. The van der Waals surface area contributed by atoms with Crippen molar-refractivity contribution in [3.8, 4) is 5.75 Å². The third-order valence-corrected chi connectivity index (χ3v) is 9.19. The SMILES string of the molecule is CCOc1ccc(NC(=O)[C@H]2[C@H]3C(=O)N(CCCO)C(C(=O)Nc4ccc5ccccc5c4)C34CC(Br)[C@@H]2O4)cc1. The molecular weight excluding hydrogens is 590 g/mol. The zero-order chi connectivity index (χ0) is 28.7. The number of carbonyl (C=O) groups is 3. The van der Waals surface area contributed by atoms with Gasteiger partial charge in [0.15, 0.2) is 0 Å². The van der Waals surface area contributed by atoms with Gasteiger partial charge < -0.3 is 30.1 Å². The van der Waals surface area contributed by atoms with Crippen LogP contribution in [0.2, 0.25) is 0 Å². The van der Waals surface area contributed by atoms with Gasteiger partial charge in [0.1, 0.15) is 17.4 Å². The van der Waals surface area contributed by atoms with E-state index in [4.69, 9.17) is 9.47 Å². The Morgan fingerprint density at radius 2 is 1.76 bits per heavy atom. The molecule has 0 aliphatic carbocycles. The van der Waals surface area contributed by atoms with E-state index in [0.717, 1.165) is 10.8 Å². The summed E-state index contributed by atoms with van der Waals surface area (Å²) < 4.78 is 12.0. The second-order valence-electron chi connectivity index (χ2n) is 10.8. The van der Waals surface area contributed by atoms with E-state index in [2.05, 4.69) is 26.6 Å². The highest BCUT2D eigenvalue weighted by Crippen LogP contribution is 2.60. The summed E-state index contributed by atoms with van der Waals surface area (Å²) in [6.07, 6.45) is 0.146. The lowest BCUT2D eigenvalue weighted by atomic mass is 9.70. The number of rotatable bonds is 9. The highest BCUT2D eigenvalue weighted by molar-refractivity contribution is 9.09. The molecule has 3 aliphatic heterocycles. The molecule has 3 N–H and O–H groups in total. The second kappa shape index (κ2) is 11.1. The molecule has 41 heavy (non-hydrogen) atoms. The molecule has 0 radical (unpaired) electrons. The molecule has 0 aromatic heterocycles. The van der Waals surface area contributed by atoms with Crippen molar-refractivity contribution < 1.29 is 29.0 Å². The first-order valence-electron chi connectivity index (χ1n) is 13.9. The van der Waals surface area contributed by atoms with E-state index in [1.807, 2.05) is 49.4 Å². The molecule has 3 amide bonds. The molecular formula is C31H32BrN3O6. The number of hydrogen-bond acceptors (Lipinski definition) is 6. The summed E-state index contributed by atoms with van der Waals surface area (Å²) in [6.45, 7) is 2.48. The van der Waals surface area contributed by atoms with Crippen molar-refractivity contribution in [1.29, 1.82) is 0 Å². The van der Waals surface area contributed by atoms with Gasteiger partial charge in [-0.3, -0.25) is 14.4 Å². The number of carbonyl (C=O) groups excluding carboxylic acids is 3. The van der Waals surface area contributed by atoms with Crippen LogP contribution in [0.3, 0.4) is 0 Å². The fourth-order valence-corrected chi connectivity index (χ4v) is 7.66. The molecule has 2 bridgehead atoms. The molecule has 0 saturated carbocycles. The number of alkyl halides is 1. The van der Waals surface area contributed by atoms with Crippen molar-refractivity contribution in [2.75, 3.05) is 30.4 Å². The number of aliphatic hydroxyl groups is 1. The number of benzene rings is 3. The third kappa shape index (κ3) is 4.77. The molecule has 1 spiro atoms. The van der Waals surface area contributed by atoms with Gasteiger partial charge in [-0.2, -0.15) is 0 Å². The minimum absolute atomic E-state index is 0.132. The van der Waals surface area contributed by atoms with E-state index in [-0.39, 0.29) is 35.7 Å². The normalized spacial score (nSPS) is 28.1. The van der Waals surface area contributed by atoms with E-state index >= 15 is 0 Å². The summed E-state index contributed by atoms with van der Waals surface area (Å²) >= 11 is 3.69. The molecule has 3 heterocycles. The van der Waals surface area contributed by atoms with Gasteiger partial charge in [0.2, 0.25) is 17.7 Å². The lowest BCUT2D eigenvalue weighted by molar-refractivity contribution is -0.139. The van der Waals surface area contributed by atoms with Crippen molar-refractivity contribution in [1.82, 2.24) is 4.90 Å². The number of anilines is 2. The molecule has 10 heteroatoms. The van der Waals surface area contributed by atoms with E-state index < -0.39 is 29.6 Å². The van der Waals surface area contributed by atoms with E-state index in [0.29, 0.717) is 36.6 Å². The average Bonchev–Trinajstić information content (AvgIpc) is 3.56. The van der Waals surface area contributed by atoms with Crippen molar-refractivity contribution in [3.63, 3.8) is 0 Å². The Balaban J connectivity index is 1.29. The molecule has 3 saturated heterocycles. The average molecular weight is 623 g/mol. The maximum Gasteiger partial charge on any atom is 0.250 e. The van der Waals surface area contributed by atoms with Crippen LogP contribution in [0.25, 0.3) is 10.8 Å². The molecule has 3 aromatic rings. The Morgan fingerprint density at radius 1 is 1.05 bits per heavy atom. The number of ether oxygens (including phenoxy) is 2. The summed E-state index contributed by atoms with van der Waals surface area (Å²) in [5, 5.41) is 17.5. The lowest BCUT2D eigenvalue weighted by Crippen LogP contribution is -2.54. The molecule has 214 valence electrons. The summed E-state index contributed by atoms with van der Waals surface area (Å²) in [5.41, 5.74) is 0.0121. The van der Waals surface area contributed by atoms with Gasteiger partial charge in [0.05, 0.1) is 24.5 Å². The van der Waals surface area contributed by atoms with Gasteiger partial charge in [0, 0.05) is 29.4 Å². The monoisotopic (exact) mass is 621 g/mol. The van der Waals surface area contributed by atoms with Crippen molar-refractivity contribution in [2.24, 2.45) is 11.8 Å². The van der Waals surface area contributed by atoms with E-state index in [1.165, 1.54) is 4.90 Å². The number of halogens is 1. The largest absolute Gasteiger partial charge is 0.494 e. The quantitative estimate of drug-likeness (QED) is 0.312. The summed E-state index contributed by atoms with van der Waals surface area (Å²) in [7, 11) is 0. The standard InChI is InChI=1S/C31H32BrN3O6/c1-2-40-22-12-10-20(11-13-22)33-28(37)24-25-30(39)35(14-5-15-36)27(31(25)17-23(32)26(24)41-31)29(38)34-21-9-8-18-6-3-4-7-19(18)16-21/h3-4,6-13,16,23-27,36H,2,5,14-15,17H2,1H3,(H,33,37)(H,34,38)/t23?,24-,25-,26-,27?,31?/m0/s1. The Bertz CT molecular complexity index is 1480. The maximum absolute atomic E-state index is 14.0. The first-order valence-corrected chi connectivity index (χ1v) is 14.8. The summed E-state index contributed by atoms with van der Waals surface area (Å²) in [5.74, 6) is -1.93. The van der Waals surface area contributed by atoms with Crippen molar-refractivity contribution in [3.05, 3.63) is 66.7 Å². The van der Waals surface area contributed by atoms with E-state index in [1.54, 1.807) is 24.3 Å². The number of hydrogen-bond donors (Lipinski definition) is 3. The van der Waals surface area contributed by atoms with Crippen LogP contribution in [0.1, 0.15) is 19.8 Å².